The highest BCUT2D eigenvalue weighted by atomic mass is 16.5. The van der Waals surface area contributed by atoms with Crippen LogP contribution in [0.15, 0.2) is 12.3 Å². The highest BCUT2D eigenvalue weighted by molar-refractivity contribution is 5.92. The number of amides is 2. The maximum Gasteiger partial charge on any atom is 0.271 e. The Morgan fingerprint density at radius 2 is 1.90 bits per heavy atom. The minimum atomic E-state index is 0.0143. The number of hydrogen-bond donors (Lipinski definition) is 0. The Hall–Kier alpha value is -1.93. The van der Waals surface area contributed by atoms with Gasteiger partial charge >= 0.3 is 0 Å². The zero-order valence-electron chi connectivity index (χ0n) is 19.0. The molecule has 1 aromatic rings. The topological polar surface area (TPSA) is 70.9 Å². The molecule has 1 atom stereocenters. The lowest BCUT2D eigenvalue weighted by Crippen LogP contribution is -2.55. The number of piperidine rings is 1. The number of rotatable bonds is 8. The lowest BCUT2D eigenvalue weighted by atomic mass is 9.98. The molecule has 2 amide bonds. The van der Waals surface area contributed by atoms with Gasteiger partial charge in [0, 0.05) is 77.2 Å². The summed E-state index contributed by atoms with van der Waals surface area (Å²) in [4.78, 5) is 32.1. The van der Waals surface area contributed by atoms with Crippen LogP contribution in [0.3, 0.4) is 0 Å². The fourth-order valence-corrected chi connectivity index (χ4v) is 5.02. The molecule has 0 N–H and O–H groups in total. The van der Waals surface area contributed by atoms with E-state index in [0.717, 1.165) is 71.4 Å². The predicted octanol–water partition coefficient (Wildman–Crippen LogP) is 1.86. The van der Waals surface area contributed by atoms with Crippen molar-refractivity contribution < 1.29 is 14.3 Å². The Labute approximate surface area is 185 Å². The van der Waals surface area contributed by atoms with Gasteiger partial charge in [0.1, 0.15) is 5.69 Å². The van der Waals surface area contributed by atoms with E-state index in [0.29, 0.717) is 36.8 Å². The summed E-state index contributed by atoms with van der Waals surface area (Å²) in [5.74, 6) is 0.652. The molecule has 0 aromatic carbocycles. The summed E-state index contributed by atoms with van der Waals surface area (Å²) in [6.45, 7) is 7.48. The average molecular weight is 432 g/mol. The number of likely N-dealkylation sites (N-methyl/N-ethyl adjacent to an activating group) is 1. The van der Waals surface area contributed by atoms with Crippen LogP contribution in [-0.2, 0) is 16.1 Å². The Kier molecular flexibility index (Phi) is 7.27. The Balaban J connectivity index is 1.41. The van der Waals surface area contributed by atoms with Crippen LogP contribution in [-0.4, -0.2) is 94.8 Å². The first-order valence-corrected chi connectivity index (χ1v) is 12.0. The third kappa shape index (κ3) is 5.29. The predicted molar refractivity (Wildman–Crippen MR) is 118 cm³/mol. The van der Waals surface area contributed by atoms with Crippen LogP contribution in [0.25, 0.3) is 0 Å². The molecule has 31 heavy (non-hydrogen) atoms. The minimum absolute atomic E-state index is 0.0143. The highest BCUT2D eigenvalue weighted by Crippen LogP contribution is 2.33. The molecule has 2 aliphatic heterocycles. The van der Waals surface area contributed by atoms with E-state index < -0.39 is 0 Å². The molecule has 2 saturated heterocycles. The Bertz CT molecular complexity index is 756. The summed E-state index contributed by atoms with van der Waals surface area (Å²) >= 11 is 0. The fraction of sp³-hybridized carbons (Fsp3) is 0.783. The van der Waals surface area contributed by atoms with Crippen molar-refractivity contribution in [3.05, 3.63) is 18.0 Å². The average Bonchev–Trinajstić information content (AvgIpc) is 3.55. The van der Waals surface area contributed by atoms with Crippen LogP contribution in [0.2, 0.25) is 0 Å². The standard InChI is InChI=1S/C23H37N5O3/c1-3-28-21(8-11-24-28)23(30)25(2)13-14-27(19-9-15-31-16-10-19)20-5-4-12-26(17-20)22(29)18-6-7-18/h8,11,18-20H,3-7,9-10,12-17H2,1-2H3. The third-order valence-electron chi connectivity index (χ3n) is 7.04. The number of carbonyl (C=O) groups excluding carboxylic acids is 2. The molecule has 1 unspecified atom stereocenters. The van der Waals surface area contributed by atoms with Gasteiger partial charge in [-0.05, 0) is 51.5 Å². The molecule has 1 aromatic heterocycles. The second kappa shape index (κ2) is 10.1. The van der Waals surface area contributed by atoms with Crippen LogP contribution in [0.4, 0.5) is 0 Å². The number of ether oxygens (including phenoxy) is 1. The summed E-state index contributed by atoms with van der Waals surface area (Å²) in [5.41, 5.74) is 0.640. The molecule has 0 radical (unpaired) electrons. The molecule has 0 spiro atoms. The van der Waals surface area contributed by atoms with Crippen molar-refractivity contribution in [2.45, 2.75) is 64.1 Å². The van der Waals surface area contributed by atoms with E-state index in [4.69, 9.17) is 4.74 Å². The molecular weight excluding hydrogens is 394 g/mol. The normalized spacial score (nSPS) is 22.7. The number of aromatic nitrogens is 2. The molecule has 3 heterocycles. The third-order valence-corrected chi connectivity index (χ3v) is 7.04. The van der Waals surface area contributed by atoms with E-state index in [9.17, 15) is 9.59 Å². The maximum absolute atomic E-state index is 12.9. The van der Waals surface area contributed by atoms with Gasteiger partial charge in [-0.2, -0.15) is 5.10 Å². The molecule has 1 saturated carbocycles. The Morgan fingerprint density at radius 1 is 1.13 bits per heavy atom. The quantitative estimate of drug-likeness (QED) is 0.628. The number of carbonyl (C=O) groups is 2. The second-order valence-electron chi connectivity index (χ2n) is 9.19. The molecule has 8 heteroatoms. The molecule has 3 aliphatic rings. The molecule has 1 aliphatic carbocycles. The van der Waals surface area contributed by atoms with Crippen LogP contribution in [0.5, 0.6) is 0 Å². The molecule has 0 bridgehead atoms. The van der Waals surface area contributed by atoms with Gasteiger partial charge in [-0.3, -0.25) is 19.2 Å². The number of aryl methyl sites for hydroxylation is 1. The van der Waals surface area contributed by atoms with Crippen molar-refractivity contribution in [1.29, 1.82) is 0 Å². The summed E-state index contributed by atoms with van der Waals surface area (Å²) in [6, 6.07) is 2.62. The van der Waals surface area contributed by atoms with E-state index in [-0.39, 0.29) is 11.8 Å². The van der Waals surface area contributed by atoms with Gasteiger partial charge < -0.3 is 14.5 Å². The van der Waals surface area contributed by atoms with E-state index in [1.807, 2.05) is 18.9 Å². The smallest absolute Gasteiger partial charge is 0.271 e. The number of likely N-dealkylation sites (tertiary alicyclic amines) is 1. The largest absolute Gasteiger partial charge is 0.381 e. The van der Waals surface area contributed by atoms with Crippen LogP contribution >= 0.6 is 0 Å². The van der Waals surface area contributed by atoms with Crippen molar-refractivity contribution in [2.75, 3.05) is 46.4 Å². The summed E-state index contributed by atoms with van der Waals surface area (Å²) in [6.07, 6.45) is 8.03. The zero-order chi connectivity index (χ0) is 21.8. The van der Waals surface area contributed by atoms with E-state index >= 15 is 0 Å². The van der Waals surface area contributed by atoms with Crippen molar-refractivity contribution in [3.63, 3.8) is 0 Å². The molecule has 3 fully saturated rings. The van der Waals surface area contributed by atoms with Crippen molar-refractivity contribution in [1.82, 2.24) is 24.5 Å². The van der Waals surface area contributed by atoms with Gasteiger partial charge in [0.25, 0.3) is 5.91 Å². The maximum atomic E-state index is 12.9. The SMILES string of the molecule is CCn1nccc1C(=O)N(C)CCN(C1CCOCC1)C1CCCN(C(=O)C2CC2)C1. The highest BCUT2D eigenvalue weighted by Gasteiger charge is 2.38. The summed E-state index contributed by atoms with van der Waals surface area (Å²) in [5, 5.41) is 4.23. The first kappa shape index (κ1) is 22.3. The lowest BCUT2D eigenvalue weighted by Gasteiger charge is -2.44. The molecule has 4 rings (SSSR count). The van der Waals surface area contributed by atoms with Gasteiger partial charge in [-0.25, -0.2) is 0 Å². The van der Waals surface area contributed by atoms with Gasteiger partial charge in [0.05, 0.1) is 0 Å². The Morgan fingerprint density at radius 3 is 2.61 bits per heavy atom. The monoisotopic (exact) mass is 431 g/mol. The number of hydrogen-bond acceptors (Lipinski definition) is 5. The van der Waals surface area contributed by atoms with Crippen LogP contribution in [0.1, 0.15) is 55.9 Å². The molecule has 8 nitrogen and oxygen atoms in total. The van der Waals surface area contributed by atoms with Crippen LogP contribution in [0, 0.1) is 5.92 Å². The van der Waals surface area contributed by atoms with E-state index in [2.05, 4.69) is 14.9 Å². The van der Waals surface area contributed by atoms with Crippen molar-refractivity contribution in [3.8, 4) is 0 Å². The van der Waals surface area contributed by atoms with Gasteiger partial charge in [-0.1, -0.05) is 0 Å². The summed E-state index contributed by atoms with van der Waals surface area (Å²) < 4.78 is 7.36. The fourth-order valence-electron chi connectivity index (χ4n) is 5.02. The van der Waals surface area contributed by atoms with Gasteiger partial charge in [0.15, 0.2) is 0 Å². The van der Waals surface area contributed by atoms with Gasteiger partial charge in [-0.15, -0.1) is 0 Å². The van der Waals surface area contributed by atoms with E-state index in [1.165, 1.54) is 0 Å². The minimum Gasteiger partial charge on any atom is -0.381 e. The first-order valence-electron chi connectivity index (χ1n) is 12.0. The van der Waals surface area contributed by atoms with Crippen molar-refractivity contribution >= 4 is 11.8 Å². The molecular formula is C23H37N5O3. The van der Waals surface area contributed by atoms with Crippen molar-refractivity contribution in [2.24, 2.45) is 5.92 Å². The lowest BCUT2D eigenvalue weighted by molar-refractivity contribution is -0.135. The van der Waals surface area contributed by atoms with Crippen LogP contribution < -0.4 is 0 Å². The van der Waals surface area contributed by atoms with Gasteiger partial charge in [0.2, 0.25) is 5.91 Å². The second-order valence-corrected chi connectivity index (χ2v) is 9.19. The molecule has 172 valence electrons. The zero-order valence-corrected chi connectivity index (χ0v) is 19.0. The van der Waals surface area contributed by atoms with E-state index in [1.54, 1.807) is 16.9 Å². The summed E-state index contributed by atoms with van der Waals surface area (Å²) in [7, 11) is 1.88. The number of nitrogens with zero attached hydrogens (tertiary/aromatic N) is 5. The first-order chi connectivity index (χ1) is 15.1.